The standard InChI is InChI=1S/C12H18N4/c1-10-7-15-4-2-3-11(15)8-16(10)12-5-13-9-14-6-12/h5-6,9-11H,2-4,7-8H2,1H3. The van der Waals surface area contributed by atoms with Gasteiger partial charge in [0.1, 0.15) is 6.33 Å². The first-order chi connectivity index (χ1) is 7.84. The molecule has 2 atom stereocenters. The Morgan fingerprint density at radius 2 is 2.06 bits per heavy atom. The lowest BCUT2D eigenvalue weighted by Gasteiger charge is -2.43. The summed E-state index contributed by atoms with van der Waals surface area (Å²) in [6.45, 7) is 5.89. The lowest BCUT2D eigenvalue weighted by Crippen LogP contribution is -2.55. The molecule has 1 aromatic heterocycles. The van der Waals surface area contributed by atoms with Crippen LogP contribution in [0, 0.1) is 0 Å². The van der Waals surface area contributed by atoms with Gasteiger partial charge in [-0.1, -0.05) is 0 Å². The molecular formula is C12H18N4. The average molecular weight is 218 g/mol. The van der Waals surface area contributed by atoms with Gasteiger partial charge in [0.2, 0.25) is 0 Å². The maximum atomic E-state index is 4.11. The summed E-state index contributed by atoms with van der Waals surface area (Å²) in [5, 5.41) is 0. The van der Waals surface area contributed by atoms with E-state index in [1.807, 2.05) is 12.4 Å². The van der Waals surface area contributed by atoms with Crippen LogP contribution in [0.4, 0.5) is 5.69 Å². The summed E-state index contributed by atoms with van der Waals surface area (Å²) in [6.07, 6.45) is 8.15. The van der Waals surface area contributed by atoms with Crippen LogP contribution in [0.1, 0.15) is 19.8 Å². The molecule has 1 aromatic rings. The van der Waals surface area contributed by atoms with Gasteiger partial charge in [-0.25, -0.2) is 9.97 Å². The fourth-order valence-corrected chi connectivity index (χ4v) is 2.99. The molecule has 16 heavy (non-hydrogen) atoms. The molecule has 2 saturated heterocycles. The molecule has 86 valence electrons. The van der Waals surface area contributed by atoms with E-state index in [1.54, 1.807) is 6.33 Å². The minimum Gasteiger partial charge on any atom is -0.363 e. The van der Waals surface area contributed by atoms with Crippen molar-refractivity contribution in [3.05, 3.63) is 18.7 Å². The van der Waals surface area contributed by atoms with Gasteiger partial charge in [-0.2, -0.15) is 0 Å². The second kappa shape index (κ2) is 4.01. The van der Waals surface area contributed by atoms with E-state index in [1.165, 1.54) is 31.6 Å². The predicted octanol–water partition coefficient (Wildman–Crippen LogP) is 1.15. The lowest BCUT2D eigenvalue weighted by molar-refractivity contribution is 0.203. The summed E-state index contributed by atoms with van der Waals surface area (Å²) in [5.41, 5.74) is 1.17. The summed E-state index contributed by atoms with van der Waals surface area (Å²) in [6, 6.07) is 1.32. The topological polar surface area (TPSA) is 32.3 Å². The van der Waals surface area contributed by atoms with Gasteiger partial charge < -0.3 is 4.90 Å². The van der Waals surface area contributed by atoms with Gasteiger partial charge in [0, 0.05) is 25.2 Å². The summed E-state index contributed by atoms with van der Waals surface area (Å²) < 4.78 is 0. The van der Waals surface area contributed by atoms with Crippen LogP contribution >= 0.6 is 0 Å². The van der Waals surface area contributed by atoms with Crippen LogP contribution in [0.2, 0.25) is 0 Å². The van der Waals surface area contributed by atoms with E-state index in [0.29, 0.717) is 6.04 Å². The van der Waals surface area contributed by atoms with Gasteiger partial charge in [-0.05, 0) is 26.3 Å². The number of hydrogen-bond acceptors (Lipinski definition) is 4. The number of anilines is 1. The van der Waals surface area contributed by atoms with Crippen molar-refractivity contribution >= 4 is 5.69 Å². The first-order valence-corrected chi connectivity index (χ1v) is 6.10. The van der Waals surface area contributed by atoms with Crippen LogP contribution in [0.3, 0.4) is 0 Å². The highest BCUT2D eigenvalue weighted by atomic mass is 15.3. The number of fused-ring (bicyclic) bond motifs is 1. The van der Waals surface area contributed by atoms with Crippen molar-refractivity contribution < 1.29 is 0 Å². The van der Waals surface area contributed by atoms with E-state index < -0.39 is 0 Å². The maximum absolute atomic E-state index is 4.11. The molecule has 0 aromatic carbocycles. The van der Waals surface area contributed by atoms with Crippen LogP contribution in [-0.4, -0.2) is 46.6 Å². The Hall–Kier alpha value is -1.16. The maximum Gasteiger partial charge on any atom is 0.115 e. The molecule has 3 heterocycles. The lowest BCUT2D eigenvalue weighted by atomic mass is 10.1. The third kappa shape index (κ3) is 1.67. The quantitative estimate of drug-likeness (QED) is 0.708. The zero-order chi connectivity index (χ0) is 11.0. The molecule has 0 bridgehead atoms. The molecular weight excluding hydrogens is 200 g/mol. The van der Waals surface area contributed by atoms with Crippen molar-refractivity contribution in [2.75, 3.05) is 24.5 Å². The molecule has 2 unspecified atom stereocenters. The van der Waals surface area contributed by atoms with E-state index in [0.717, 1.165) is 12.6 Å². The molecule has 0 aliphatic carbocycles. The first-order valence-electron chi connectivity index (χ1n) is 6.10. The third-order valence-electron chi connectivity index (χ3n) is 3.82. The Labute approximate surface area is 96.3 Å². The Morgan fingerprint density at radius 3 is 2.88 bits per heavy atom. The molecule has 4 nitrogen and oxygen atoms in total. The summed E-state index contributed by atoms with van der Waals surface area (Å²) in [7, 11) is 0. The van der Waals surface area contributed by atoms with Gasteiger partial charge in [0.25, 0.3) is 0 Å². The zero-order valence-electron chi connectivity index (χ0n) is 9.71. The van der Waals surface area contributed by atoms with Crippen LogP contribution < -0.4 is 4.90 Å². The normalized spacial score (nSPS) is 30.4. The van der Waals surface area contributed by atoms with E-state index in [2.05, 4.69) is 26.7 Å². The molecule has 0 saturated carbocycles. The molecule has 0 spiro atoms. The monoisotopic (exact) mass is 218 g/mol. The molecule has 0 N–H and O–H groups in total. The highest BCUT2D eigenvalue weighted by Gasteiger charge is 2.34. The molecule has 4 heteroatoms. The van der Waals surface area contributed by atoms with E-state index in [4.69, 9.17) is 0 Å². The fraction of sp³-hybridized carbons (Fsp3) is 0.667. The first kappa shape index (κ1) is 10.0. The van der Waals surface area contributed by atoms with E-state index in [-0.39, 0.29) is 0 Å². The van der Waals surface area contributed by atoms with E-state index >= 15 is 0 Å². The Balaban J connectivity index is 1.80. The second-order valence-electron chi connectivity index (χ2n) is 4.89. The molecule has 2 aliphatic rings. The SMILES string of the molecule is CC1CN2CCCC2CN1c1cncnc1. The van der Waals surface area contributed by atoms with Crippen molar-refractivity contribution in [1.29, 1.82) is 0 Å². The summed E-state index contributed by atoms with van der Waals surface area (Å²) in [4.78, 5) is 13.3. The average Bonchev–Trinajstić information content (AvgIpc) is 2.76. The fourth-order valence-electron chi connectivity index (χ4n) is 2.99. The van der Waals surface area contributed by atoms with E-state index in [9.17, 15) is 0 Å². The number of piperazine rings is 1. The van der Waals surface area contributed by atoms with Gasteiger partial charge >= 0.3 is 0 Å². The number of aromatic nitrogens is 2. The Morgan fingerprint density at radius 1 is 1.25 bits per heavy atom. The minimum atomic E-state index is 0.570. The van der Waals surface area contributed by atoms with Gasteiger partial charge in [0.05, 0.1) is 18.1 Å². The second-order valence-corrected chi connectivity index (χ2v) is 4.89. The summed E-state index contributed by atoms with van der Waals surface area (Å²) >= 11 is 0. The van der Waals surface area contributed by atoms with Gasteiger partial charge in [0.15, 0.2) is 0 Å². The smallest absolute Gasteiger partial charge is 0.115 e. The van der Waals surface area contributed by atoms with Crippen molar-refractivity contribution in [3.63, 3.8) is 0 Å². The Bertz CT molecular complexity index is 353. The van der Waals surface area contributed by atoms with Crippen molar-refractivity contribution in [1.82, 2.24) is 14.9 Å². The summed E-state index contributed by atoms with van der Waals surface area (Å²) in [5.74, 6) is 0. The number of rotatable bonds is 1. The van der Waals surface area contributed by atoms with Crippen LogP contribution in [0.25, 0.3) is 0 Å². The number of nitrogens with zero attached hydrogens (tertiary/aromatic N) is 4. The predicted molar refractivity (Wildman–Crippen MR) is 63.4 cm³/mol. The number of hydrogen-bond donors (Lipinski definition) is 0. The molecule has 0 amide bonds. The van der Waals surface area contributed by atoms with Crippen molar-refractivity contribution in [3.8, 4) is 0 Å². The zero-order valence-corrected chi connectivity index (χ0v) is 9.71. The Kier molecular flexibility index (Phi) is 2.52. The largest absolute Gasteiger partial charge is 0.363 e. The van der Waals surface area contributed by atoms with Crippen LogP contribution in [-0.2, 0) is 0 Å². The minimum absolute atomic E-state index is 0.570. The third-order valence-corrected chi connectivity index (χ3v) is 3.82. The molecule has 3 rings (SSSR count). The molecule has 2 aliphatic heterocycles. The van der Waals surface area contributed by atoms with Crippen LogP contribution in [0.15, 0.2) is 18.7 Å². The molecule has 0 radical (unpaired) electrons. The highest BCUT2D eigenvalue weighted by Crippen LogP contribution is 2.27. The van der Waals surface area contributed by atoms with Crippen molar-refractivity contribution in [2.45, 2.75) is 31.8 Å². The highest BCUT2D eigenvalue weighted by molar-refractivity contribution is 5.43. The van der Waals surface area contributed by atoms with Crippen molar-refractivity contribution in [2.24, 2.45) is 0 Å². The molecule has 2 fully saturated rings. The van der Waals surface area contributed by atoms with Crippen LogP contribution in [0.5, 0.6) is 0 Å². The van der Waals surface area contributed by atoms with Gasteiger partial charge in [-0.3, -0.25) is 4.90 Å². The van der Waals surface area contributed by atoms with Gasteiger partial charge in [-0.15, -0.1) is 0 Å².